The van der Waals surface area contributed by atoms with Gasteiger partial charge >= 0.3 is 5.71 Å². The third kappa shape index (κ3) is 9.32. The molecule has 4 saturated heterocycles. The van der Waals surface area contributed by atoms with Crippen molar-refractivity contribution in [3.8, 4) is 11.5 Å². The van der Waals surface area contributed by atoms with E-state index >= 15 is 0 Å². The quantitative estimate of drug-likeness (QED) is 0.0902. The number of alkyl halides is 1. The van der Waals surface area contributed by atoms with E-state index in [0.29, 0.717) is 97.8 Å². The van der Waals surface area contributed by atoms with Gasteiger partial charge in [0.15, 0.2) is 5.41 Å². The number of anilines is 2. The van der Waals surface area contributed by atoms with Gasteiger partial charge in [0.1, 0.15) is 11.5 Å². The highest BCUT2D eigenvalue weighted by atomic mass is 35.5. The summed E-state index contributed by atoms with van der Waals surface area (Å²) in [7, 11) is 4.15. The molecular formula is C50H62ClN9O7. The molecule has 0 unspecified atom stereocenters. The molecule has 1 N–H and O–H groups in total. The third-order valence-corrected chi connectivity index (χ3v) is 14.7. The molecule has 0 bridgehead atoms. The Bertz CT molecular complexity index is 2300. The van der Waals surface area contributed by atoms with Crippen LogP contribution in [-0.4, -0.2) is 185 Å². The third-order valence-electron chi connectivity index (χ3n) is 14.5. The lowest BCUT2D eigenvalue weighted by Gasteiger charge is -2.44. The van der Waals surface area contributed by atoms with Crippen LogP contribution < -0.4 is 19.9 Å². The first-order valence-corrected chi connectivity index (χ1v) is 24.5. The van der Waals surface area contributed by atoms with Crippen molar-refractivity contribution in [1.82, 2.24) is 24.9 Å². The number of benzene rings is 3. The van der Waals surface area contributed by atoms with E-state index in [1.807, 2.05) is 46.2 Å². The van der Waals surface area contributed by atoms with Crippen LogP contribution in [-0.2, 0) is 24.5 Å². The van der Waals surface area contributed by atoms with E-state index in [4.69, 9.17) is 25.8 Å². The first-order chi connectivity index (χ1) is 32.6. The summed E-state index contributed by atoms with van der Waals surface area (Å²) >= 11 is 5.75. The van der Waals surface area contributed by atoms with Crippen LogP contribution in [0.15, 0.2) is 54.6 Å². The van der Waals surface area contributed by atoms with Crippen molar-refractivity contribution in [3.63, 3.8) is 0 Å². The van der Waals surface area contributed by atoms with Crippen molar-refractivity contribution in [3.05, 3.63) is 87.9 Å². The van der Waals surface area contributed by atoms with Crippen molar-refractivity contribution >= 4 is 52.2 Å². The number of nitrogens with zero attached hydrogens (tertiary/aromatic N) is 8. The molecule has 5 aliphatic heterocycles. The maximum absolute atomic E-state index is 14.4. The molecule has 67 heavy (non-hydrogen) atoms. The molecule has 17 heteroatoms. The molecule has 0 atom stereocenters. The number of amides is 3. The summed E-state index contributed by atoms with van der Waals surface area (Å²) in [6.45, 7) is 10.7. The molecule has 0 radical (unpaired) electrons. The number of ketones is 1. The van der Waals surface area contributed by atoms with E-state index in [-0.39, 0.29) is 41.8 Å². The number of halogens is 1. The molecule has 356 valence electrons. The Labute approximate surface area is 397 Å². The number of carbonyl (C=O) groups excluding carboxylic acids is 4. The molecule has 1 aliphatic carbocycles. The van der Waals surface area contributed by atoms with Crippen LogP contribution in [0.3, 0.4) is 0 Å². The molecule has 0 saturated carbocycles. The number of ether oxygens (including phenoxy) is 3. The minimum absolute atomic E-state index is 0.0965. The Morgan fingerprint density at radius 2 is 1.24 bits per heavy atom. The first kappa shape index (κ1) is 46.7. The van der Waals surface area contributed by atoms with Crippen molar-refractivity contribution in [2.75, 3.05) is 141 Å². The van der Waals surface area contributed by atoms with Crippen LogP contribution >= 0.6 is 11.6 Å². The van der Waals surface area contributed by atoms with Crippen LogP contribution in [0.4, 0.5) is 11.4 Å². The summed E-state index contributed by atoms with van der Waals surface area (Å²) in [5.74, 6) is 0.962. The molecule has 3 amide bonds. The summed E-state index contributed by atoms with van der Waals surface area (Å²) in [5.41, 5.74) is 13.4. The Hall–Kier alpha value is -5.35. The Kier molecular flexibility index (Phi) is 14.3. The molecule has 5 heterocycles. The molecule has 6 aliphatic rings. The second-order valence-corrected chi connectivity index (χ2v) is 19.2. The van der Waals surface area contributed by atoms with Gasteiger partial charge in [0.05, 0.1) is 31.7 Å². The smallest absolute Gasteiger partial charge is 0.358 e. The predicted molar refractivity (Wildman–Crippen MR) is 255 cm³/mol. The van der Waals surface area contributed by atoms with E-state index in [1.54, 1.807) is 18.2 Å². The molecule has 3 aromatic carbocycles. The van der Waals surface area contributed by atoms with E-state index in [2.05, 4.69) is 43.8 Å². The number of hydrogen-bond acceptors (Lipinski definition) is 11. The van der Waals surface area contributed by atoms with E-state index in [1.165, 1.54) is 0 Å². The fourth-order valence-corrected chi connectivity index (χ4v) is 10.5. The maximum atomic E-state index is 14.4. The van der Waals surface area contributed by atoms with Crippen LogP contribution in [0.25, 0.3) is 5.53 Å². The molecule has 0 aromatic heterocycles. The molecule has 9 rings (SSSR count). The number of rotatable bonds is 17. The van der Waals surface area contributed by atoms with Gasteiger partial charge in [-0.25, -0.2) is 0 Å². The van der Waals surface area contributed by atoms with E-state index < -0.39 is 11.2 Å². The van der Waals surface area contributed by atoms with Gasteiger partial charge in [-0.05, 0) is 62.8 Å². The number of carbonyl (C=O) groups is 4. The highest BCUT2D eigenvalue weighted by Crippen LogP contribution is 2.57. The van der Waals surface area contributed by atoms with Crippen molar-refractivity contribution in [1.29, 1.82) is 0 Å². The Morgan fingerprint density at radius 1 is 0.701 bits per heavy atom. The van der Waals surface area contributed by atoms with Gasteiger partial charge in [-0.1, -0.05) is 25.0 Å². The van der Waals surface area contributed by atoms with Crippen LogP contribution in [0, 0.1) is 11.8 Å². The van der Waals surface area contributed by atoms with Gasteiger partial charge < -0.3 is 54.5 Å². The average molecular weight is 937 g/mol. The number of fused-ring (bicyclic) bond motifs is 6. The zero-order valence-corrected chi connectivity index (χ0v) is 39.5. The zero-order chi connectivity index (χ0) is 46.7. The SMILES string of the molecule is CN1CCN(C(=O)C2CN(c3ccc4c(c3)Oc3cc(N5CC(C(=O)N6CCN(C)CC6)C5)ccc3C43C(=[N+]=[N-])C(=O)c4ccc(C(=O)NCCOCCOCCCCCCCl)cc43)C2)CC1. The van der Waals surface area contributed by atoms with Gasteiger partial charge in [0.2, 0.25) is 11.8 Å². The number of hydrogen-bond donors (Lipinski definition) is 1. The average Bonchev–Trinajstić information content (AvgIpc) is 3.55. The van der Waals surface area contributed by atoms with Gasteiger partial charge in [-0.3, -0.25) is 19.2 Å². The molecule has 4 fully saturated rings. The Balaban J connectivity index is 0.961. The highest BCUT2D eigenvalue weighted by molar-refractivity contribution is 6.52. The molecular weight excluding hydrogens is 874 g/mol. The zero-order valence-electron chi connectivity index (χ0n) is 38.7. The first-order valence-electron chi connectivity index (χ1n) is 23.9. The summed E-state index contributed by atoms with van der Waals surface area (Å²) in [4.78, 5) is 71.5. The minimum atomic E-state index is -1.44. The predicted octanol–water partition coefficient (Wildman–Crippen LogP) is 3.98. The largest absolute Gasteiger partial charge is 0.457 e. The van der Waals surface area contributed by atoms with Crippen LogP contribution in [0.1, 0.15) is 63.1 Å². The summed E-state index contributed by atoms with van der Waals surface area (Å²) in [6.07, 6.45) is 4.19. The number of likely N-dealkylation sites (N-methyl/N-ethyl adjacent to an activating group) is 2. The van der Waals surface area contributed by atoms with Crippen LogP contribution in [0.5, 0.6) is 11.5 Å². The minimum Gasteiger partial charge on any atom is -0.457 e. The second-order valence-electron chi connectivity index (χ2n) is 18.8. The highest BCUT2D eigenvalue weighted by Gasteiger charge is 2.62. The van der Waals surface area contributed by atoms with E-state index in [0.717, 1.165) is 89.4 Å². The standard InChI is InChI=1S/C50H62ClN9O7/c1-55-15-19-57(20-16-55)48(63)35-30-59(31-35)37-8-11-40-43(28-37)67-44-29-38(60-32-36(33-60)49(64)58-21-17-56(2)18-22-58)9-12-41(44)50(40)42-27-34(7-10-39(42)45(61)46(50)54-52)47(62)53-14-24-66-26-25-65-23-6-4-3-5-13-51/h7-12,27-29,35-36H,3-6,13-26,30-33H2,1-2H3,(H,53,62). The van der Waals surface area contributed by atoms with Crippen molar-refractivity contribution in [2.24, 2.45) is 11.8 Å². The number of unbranched alkanes of at least 4 members (excludes halogenated alkanes) is 3. The Morgan fingerprint density at radius 3 is 1.78 bits per heavy atom. The van der Waals surface area contributed by atoms with Gasteiger partial charge in [-0.2, -0.15) is 4.79 Å². The number of piperazine rings is 2. The van der Waals surface area contributed by atoms with E-state index in [9.17, 15) is 24.7 Å². The van der Waals surface area contributed by atoms with Gasteiger partial charge in [-0.15, -0.1) is 11.6 Å². The lowest BCUT2D eigenvalue weighted by atomic mass is 9.67. The number of Topliss-reactive ketones (excluding diaryl/α,β-unsaturated/α-hetero) is 1. The summed E-state index contributed by atoms with van der Waals surface area (Å²) in [6, 6.07) is 16.6. The lowest BCUT2D eigenvalue weighted by Crippen LogP contribution is -2.57. The topological polar surface area (TPSA) is 164 Å². The normalized spacial score (nSPS) is 19.3. The van der Waals surface area contributed by atoms with Crippen LogP contribution in [0.2, 0.25) is 0 Å². The lowest BCUT2D eigenvalue weighted by molar-refractivity contribution is -0.138. The van der Waals surface area contributed by atoms with Gasteiger partial charge in [0.25, 0.3) is 11.7 Å². The molecule has 3 aromatic rings. The monoisotopic (exact) mass is 935 g/mol. The summed E-state index contributed by atoms with van der Waals surface area (Å²) < 4.78 is 18.2. The molecule has 1 spiro atoms. The fourth-order valence-electron chi connectivity index (χ4n) is 10.3. The number of nitrogens with one attached hydrogen (secondary N) is 1. The molecule has 16 nitrogen and oxygen atoms in total. The van der Waals surface area contributed by atoms with Crippen molar-refractivity contribution in [2.45, 2.75) is 31.1 Å². The van der Waals surface area contributed by atoms with Gasteiger partial charge in [0, 0.05) is 143 Å². The fraction of sp³-hybridized carbons (Fsp3) is 0.540. The maximum Gasteiger partial charge on any atom is 0.358 e. The summed E-state index contributed by atoms with van der Waals surface area (Å²) in [5, 5.41) is 2.95. The van der Waals surface area contributed by atoms with Crippen molar-refractivity contribution < 1.29 is 38.2 Å². The second kappa shape index (κ2) is 20.5.